The number of hydrogen-bond acceptors (Lipinski definition) is 1. The van der Waals surface area contributed by atoms with Gasteiger partial charge in [0.2, 0.25) is 0 Å². The Bertz CT molecular complexity index is 320. The second kappa shape index (κ2) is 5.46. The van der Waals surface area contributed by atoms with Crippen LogP contribution in [0, 0.1) is 6.92 Å². The molecule has 0 radical (unpaired) electrons. The van der Waals surface area contributed by atoms with Gasteiger partial charge in [-0.2, -0.15) is 0 Å². The number of aryl methyl sites for hydroxylation is 1. The van der Waals surface area contributed by atoms with E-state index in [0.29, 0.717) is 0 Å². The van der Waals surface area contributed by atoms with Crippen LogP contribution in [0.2, 0.25) is 0 Å². The Labute approximate surface area is 123 Å². The number of halogens is 3. The summed E-state index contributed by atoms with van der Waals surface area (Å²) >= 11 is 0. The standard InChI is InChI=1S/C8H7BF3O.K/c1-6-2-4-7(5-3-6)8(13)9(10,11)12;/h2-5H,1H3;/q-1;+1. The van der Waals surface area contributed by atoms with Gasteiger partial charge in [-0.15, -0.1) is 0 Å². The van der Waals surface area contributed by atoms with E-state index in [0.717, 1.165) is 5.56 Å². The van der Waals surface area contributed by atoms with E-state index >= 15 is 0 Å². The number of rotatable bonds is 2. The minimum absolute atomic E-state index is 0. The first kappa shape index (κ1) is 14.4. The minimum atomic E-state index is -5.40. The largest absolute Gasteiger partial charge is 1.00 e. The fourth-order valence-electron chi connectivity index (χ4n) is 0.907. The van der Waals surface area contributed by atoms with Crippen LogP contribution in [0.3, 0.4) is 0 Å². The molecule has 0 aliphatic carbocycles. The molecule has 0 aliphatic heterocycles. The maximum Gasteiger partial charge on any atom is 1.00 e. The maximum atomic E-state index is 11.9. The summed E-state index contributed by atoms with van der Waals surface area (Å²) in [5.41, 5.74) is -1.20. The van der Waals surface area contributed by atoms with Crippen molar-refractivity contribution in [3.05, 3.63) is 35.4 Å². The molecule has 1 nitrogen and oxygen atoms in total. The molecule has 0 atom stereocenters. The quantitative estimate of drug-likeness (QED) is 0.625. The van der Waals surface area contributed by atoms with E-state index in [4.69, 9.17) is 0 Å². The van der Waals surface area contributed by atoms with E-state index in [1.165, 1.54) is 24.3 Å². The Morgan fingerprint density at radius 2 is 1.57 bits per heavy atom. The maximum absolute atomic E-state index is 11.9. The Morgan fingerprint density at radius 3 is 1.93 bits per heavy atom. The van der Waals surface area contributed by atoms with Gasteiger partial charge in [0.1, 0.15) is 5.68 Å². The van der Waals surface area contributed by atoms with Crippen molar-refractivity contribution in [1.29, 1.82) is 0 Å². The first-order valence-electron chi connectivity index (χ1n) is 3.72. The summed E-state index contributed by atoms with van der Waals surface area (Å²) in [6.07, 6.45) is 0. The summed E-state index contributed by atoms with van der Waals surface area (Å²) in [6, 6.07) is 5.34. The average molecular weight is 226 g/mol. The van der Waals surface area contributed by atoms with E-state index < -0.39 is 12.7 Å². The van der Waals surface area contributed by atoms with Gasteiger partial charge in [0.05, 0.1) is 0 Å². The molecule has 0 bridgehead atoms. The molecule has 1 rings (SSSR count). The summed E-state index contributed by atoms with van der Waals surface area (Å²) in [5.74, 6) is 0. The summed E-state index contributed by atoms with van der Waals surface area (Å²) in [7, 11) is 0. The Balaban J connectivity index is 0.00000169. The molecule has 0 N–H and O–H groups in total. The summed E-state index contributed by atoms with van der Waals surface area (Å²) in [6.45, 7) is -3.66. The molecule has 70 valence electrons. The van der Waals surface area contributed by atoms with Crippen LogP contribution in [0.4, 0.5) is 12.9 Å². The Hall–Kier alpha value is 0.381. The smallest absolute Gasteiger partial charge is 0.443 e. The fourth-order valence-corrected chi connectivity index (χ4v) is 0.907. The van der Waals surface area contributed by atoms with Gasteiger partial charge in [-0.25, -0.2) is 0 Å². The van der Waals surface area contributed by atoms with E-state index in [2.05, 4.69) is 0 Å². The molecule has 1 aromatic rings. The Morgan fingerprint density at radius 1 is 1.14 bits per heavy atom. The molecule has 0 heterocycles. The van der Waals surface area contributed by atoms with Gasteiger partial charge in [-0.1, -0.05) is 29.8 Å². The Kier molecular flexibility index (Phi) is 5.61. The van der Waals surface area contributed by atoms with Crippen LogP contribution in [-0.4, -0.2) is 12.7 Å². The van der Waals surface area contributed by atoms with Crippen molar-refractivity contribution in [1.82, 2.24) is 0 Å². The van der Waals surface area contributed by atoms with Crippen LogP contribution in [0.5, 0.6) is 0 Å². The second-order valence-electron chi connectivity index (χ2n) is 2.81. The zero-order valence-electron chi connectivity index (χ0n) is 7.93. The molecule has 0 aliphatic rings. The predicted octanol–water partition coefficient (Wildman–Crippen LogP) is -0.432. The van der Waals surface area contributed by atoms with Gasteiger partial charge >= 0.3 is 58.4 Å². The first-order valence-corrected chi connectivity index (χ1v) is 3.72. The monoisotopic (exact) mass is 226 g/mol. The van der Waals surface area contributed by atoms with Crippen LogP contribution in [0.1, 0.15) is 15.9 Å². The summed E-state index contributed by atoms with van der Waals surface area (Å²) in [5, 5.41) is 0. The molecular formula is C8H7BF3KO. The van der Waals surface area contributed by atoms with Crippen molar-refractivity contribution in [2.45, 2.75) is 6.92 Å². The van der Waals surface area contributed by atoms with Crippen molar-refractivity contribution >= 4 is 12.7 Å². The first-order chi connectivity index (χ1) is 5.91. The summed E-state index contributed by atoms with van der Waals surface area (Å²) < 4.78 is 35.8. The molecule has 0 unspecified atom stereocenters. The topological polar surface area (TPSA) is 17.1 Å². The third-order valence-electron chi connectivity index (χ3n) is 1.63. The van der Waals surface area contributed by atoms with Crippen molar-refractivity contribution in [3.8, 4) is 0 Å². The predicted molar refractivity (Wildman–Crippen MR) is 44.6 cm³/mol. The van der Waals surface area contributed by atoms with Crippen molar-refractivity contribution in [3.63, 3.8) is 0 Å². The van der Waals surface area contributed by atoms with Crippen LogP contribution in [-0.2, 0) is 0 Å². The molecule has 6 heteroatoms. The third-order valence-corrected chi connectivity index (χ3v) is 1.63. The number of benzene rings is 1. The van der Waals surface area contributed by atoms with E-state index in [1.807, 2.05) is 0 Å². The molecule has 0 saturated carbocycles. The van der Waals surface area contributed by atoms with E-state index in [1.54, 1.807) is 6.92 Å². The second-order valence-corrected chi connectivity index (χ2v) is 2.81. The SMILES string of the molecule is Cc1ccc(C(=O)[B-](F)(F)F)cc1.[K+]. The van der Waals surface area contributed by atoms with Gasteiger partial charge in [-0.05, 0) is 12.5 Å². The third kappa shape index (κ3) is 3.86. The van der Waals surface area contributed by atoms with E-state index in [9.17, 15) is 17.7 Å². The van der Waals surface area contributed by atoms with Crippen LogP contribution < -0.4 is 51.4 Å². The summed E-state index contributed by atoms with van der Waals surface area (Å²) in [4.78, 5) is 10.7. The molecule has 0 spiro atoms. The average Bonchev–Trinajstić information content (AvgIpc) is 2.03. The normalized spacial score (nSPS) is 10.6. The molecule has 0 amide bonds. The zero-order chi connectivity index (χ0) is 10.1. The number of carbonyl (C=O) groups is 1. The van der Waals surface area contributed by atoms with E-state index in [-0.39, 0.29) is 56.9 Å². The molecule has 0 aromatic heterocycles. The minimum Gasteiger partial charge on any atom is -0.443 e. The van der Waals surface area contributed by atoms with Gasteiger partial charge in [0, 0.05) is 0 Å². The van der Waals surface area contributed by atoms with Crippen molar-refractivity contribution in [2.75, 3.05) is 0 Å². The molecule has 1 aromatic carbocycles. The molecular weight excluding hydrogens is 219 g/mol. The van der Waals surface area contributed by atoms with Gasteiger partial charge in [0.15, 0.2) is 0 Å². The van der Waals surface area contributed by atoms with Crippen molar-refractivity contribution < 1.29 is 69.1 Å². The van der Waals surface area contributed by atoms with Crippen LogP contribution in [0.25, 0.3) is 0 Å². The van der Waals surface area contributed by atoms with Crippen LogP contribution >= 0.6 is 0 Å². The molecule has 14 heavy (non-hydrogen) atoms. The van der Waals surface area contributed by atoms with Gasteiger partial charge in [0.25, 0.3) is 0 Å². The fraction of sp³-hybridized carbons (Fsp3) is 0.125. The number of hydrogen-bond donors (Lipinski definition) is 0. The number of carbonyl (C=O) groups excluding carboxylic acids is 1. The molecule has 0 saturated heterocycles. The van der Waals surface area contributed by atoms with Crippen molar-refractivity contribution in [2.24, 2.45) is 0 Å². The zero-order valence-corrected chi connectivity index (χ0v) is 11.1. The van der Waals surface area contributed by atoms with Crippen LogP contribution in [0.15, 0.2) is 24.3 Å². The van der Waals surface area contributed by atoms with Gasteiger partial charge in [-0.3, -0.25) is 0 Å². The molecule has 0 fully saturated rings. The van der Waals surface area contributed by atoms with Gasteiger partial charge < -0.3 is 17.7 Å².